The average Bonchev–Trinajstić information content (AvgIpc) is 3.33. The third kappa shape index (κ3) is 3.06. The number of pyridine rings is 1. The minimum absolute atomic E-state index is 0.744. The van der Waals surface area contributed by atoms with Gasteiger partial charge in [0.2, 0.25) is 5.16 Å². The van der Waals surface area contributed by atoms with Gasteiger partial charge >= 0.3 is 0 Å². The molecule has 1 aromatic carbocycles. The van der Waals surface area contributed by atoms with Crippen LogP contribution in [0.2, 0.25) is 0 Å². The molecule has 0 aliphatic carbocycles. The van der Waals surface area contributed by atoms with Crippen molar-refractivity contribution in [3.8, 4) is 17.1 Å². The summed E-state index contributed by atoms with van der Waals surface area (Å²) in [4.78, 5) is 15.3. The average molecular weight is 403 g/mol. The molecule has 0 fully saturated rings. The van der Waals surface area contributed by atoms with Crippen LogP contribution in [0.5, 0.6) is 0 Å². The van der Waals surface area contributed by atoms with Crippen LogP contribution in [-0.2, 0) is 0 Å². The highest BCUT2D eigenvalue weighted by atomic mass is 32.2. The highest BCUT2D eigenvalue weighted by Gasteiger charge is 2.19. The van der Waals surface area contributed by atoms with Crippen molar-refractivity contribution in [3.05, 3.63) is 72.1 Å². The lowest BCUT2D eigenvalue weighted by Crippen LogP contribution is -1.99. The van der Waals surface area contributed by atoms with Crippen LogP contribution in [0, 0.1) is 6.92 Å². The number of nitrogens with zero attached hydrogens (tertiary/aromatic N) is 6. The van der Waals surface area contributed by atoms with Gasteiger partial charge in [-0.25, -0.2) is 9.97 Å². The summed E-state index contributed by atoms with van der Waals surface area (Å²) in [5, 5.41) is 11.6. The maximum Gasteiger partial charge on any atom is 0.202 e. The second-order valence-electron chi connectivity index (χ2n) is 6.08. The summed E-state index contributed by atoms with van der Waals surface area (Å²) >= 11 is 3.16. The molecule has 6 nitrogen and oxygen atoms in total. The van der Waals surface area contributed by atoms with Gasteiger partial charge in [-0.05, 0) is 49.0 Å². The minimum atomic E-state index is 0.744. The third-order valence-electron chi connectivity index (χ3n) is 4.17. The zero-order valence-corrected chi connectivity index (χ0v) is 16.5. The minimum Gasteiger partial charge on any atom is -0.270 e. The van der Waals surface area contributed by atoms with Gasteiger partial charge < -0.3 is 0 Å². The number of rotatable bonds is 4. The van der Waals surface area contributed by atoms with Crippen LogP contribution in [0.3, 0.4) is 0 Å². The van der Waals surface area contributed by atoms with E-state index >= 15 is 0 Å². The van der Waals surface area contributed by atoms with E-state index in [1.807, 2.05) is 47.0 Å². The molecule has 8 heteroatoms. The Bertz CT molecular complexity index is 1250. The Balaban J connectivity index is 1.66. The van der Waals surface area contributed by atoms with Crippen LogP contribution >= 0.6 is 23.1 Å². The fourth-order valence-electron chi connectivity index (χ4n) is 2.95. The first-order chi connectivity index (χ1) is 13.8. The van der Waals surface area contributed by atoms with Crippen LogP contribution < -0.4 is 0 Å². The number of thiophene rings is 1. The lowest BCUT2D eigenvalue weighted by Gasteiger charge is -2.10. The van der Waals surface area contributed by atoms with E-state index in [0.717, 1.165) is 37.5 Å². The summed E-state index contributed by atoms with van der Waals surface area (Å²) < 4.78 is 2.04. The van der Waals surface area contributed by atoms with E-state index in [1.54, 1.807) is 30.1 Å². The molecule has 0 saturated carbocycles. The van der Waals surface area contributed by atoms with Gasteiger partial charge in [-0.2, -0.15) is 0 Å². The molecule has 0 unspecified atom stereocenters. The summed E-state index contributed by atoms with van der Waals surface area (Å²) in [5.41, 5.74) is 1.89. The van der Waals surface area contributed by atoms with Gasteiger partial charge in [-0.15, -0.1) is 21.5 Å². The van der Waals surface area contributed by atoms with E-state index < -0.39 is 0 Å². The van der Waals surface area contributed by atoms with Gasteiger partial charge in [-0.1, -0.05) is 18.2 Å². The van der Waals surface area contributed by atoms with Crippen molar-refractivity contribution in [2.24, 2.45) is 0 Å². The first-order valence-corrected chi connectivity index (χ1v) is 10.2. The van der Waals surface area contributed by atoms with Crippen LogP contribution in [0.4, 0.5) is 0 Å². The molecule has 136 valence electrons. The molecule has 28 heavy (non-hydrogen) atoms. The highest BCUT2D eigenvalue weighted by Crippen LogP contribution is 2.36. The lowest BCUT2D eigenvalue weighted by molar-refractivity contribution is 0.883. The SMILES string of the molecule is Cc1cc2c(Sc3nnc(-c4cccnc4)n3-c3ccccc3)ncnc2s1. The standard InChI is InChI=1S/C20H14N6S2/c1-13-10-16-18(27-13)22-12-23-19(16)28-20-25-24-17(14-6-5-9-21-11-14)26(20)15-7-3-2-4-8-15/h2-12H,1H3. The maximum absolute atomic E-state index is 4.50. The Morgan fingerprint density at radius 2 is 1.89 bits per heavy atom. The smallest absolute Gasteiger partial charge is 0.202 e. The molecule has 0 aliphatic heterocycles. The molecule has 4 heterocycles. The topological polar surface area (TPSA) is 69.4 Å². The monoisotopic (exact) mass is 402 g/mol. The van der Waals surface area contributed by atoms with Crippen LogP contribution in [-0.4, -0.2) is 29.7 Å². The molecule has 0 radical (unpaired) electrons. The van der Waals surface area contributed by atoms with Crippen molar-refractivity contribution in [2.45, 2.75) is 17.1 Å². The summed E-state index contributed by atoms with van der Waals surface area (Å²) in [6, 6.07) is 16.1. The lowest BCUT2D eigenvalue weighted by atomic mass is 10.2. The molecule has 0 atom stereocenters. The van der Waals surface area contributed by atoms with Gasteiger partial charge in [0.25, 0.3) is 0 Å². The Hall–Kier alpha value is -3.10. The Morgan fingerprint density at radius 3 is 2.71 bits per heavy atom. The van der Waals surface area contributed by atoms with Crippen molar-refractivity contribution in [2.75, 3.05) is 0 Å². The third-order valence-corrected chi connectivity index (χ3v) is 6.10. The van der Waals surface area contributed by atoms with E-state index in [2.05, 4.69) is 38.1 Å². The number of aryl methyl sites for hydroxylation is 1. The molecule has 0 N–H and O–H groups in total. The van der Waals surface area contributed by atoms with Crippen molar-refractivity contribution >= 4 is 33.3 Å². The molecular formula is C20H14N6S2. The molecule has 5 rings (SSSR count). The van der Waals surface area contributed by atoms with E-state index in [4.69, 9.17) is 0 Å². The maximum atomic E-state index is 4.50. The number of benzene rings is 1. The normalized spacial score (nSPS) is 11.2. The predicted octanol–water partition coefficient (Wildman–Crippen LogP) is 4.79. The first kappa shape index (κ1) is 17.0. The van der Waals surface area contributed by atoms with E-state index in [-0.39, 0.29) is 0 Å². The fourth-order valence-corrected chi connectivity index (χ4v) is 4.76. The van der Waals surface area contributed by atoms with Crippen molar-refractivity contribution < 1.29 is 0 Å². The number of hydrogen-bond acceptors (Lipinski definition) is 7. The number of aromatic nitrogens is 6. The van der Waals surface area contributed by atoms with E-state index in [9.17, 15) is 0 Å². The zero-order valence-electron chi connectivity index (χ0n) is 14.9. The van der Waals surface area contributed by atoms with E-state index in [0.29, 0.717) is 0 Å². The van der Waals surface area contributed by atoms with Gasteiger partial charge in [0, 0.05) is 33.9 Å². The molecule has 0 aliphatic rings. The van der Waals surface area contributed by atoms with Crippen molar-refractivity contribution in [1.29, 1.82) is 0 Å². The second kappa shape index (κ2) is 7.14. The quantitative estimate of drug-likeness (QED) is 0.403. The fraction of sp³-hybridized carbons (Fsp3) is 0.0500. The van der Waals surface area contributed by atoms with Crippen LogP contribution in [0.1, 0.15) is 4.88 Å². The summed E-state index contributed by atoms with van der Waals surface area (Å²) in [6.45, 7) is 2.08. The molecule has 0 amide bonds. The molecule has 5 aromatic rings. The molecule has 4 aromatic heterocycles. The number of fused-ring (bicyclic) bond motifs is 1. The highest BCUT2D eigenvalue weighted by molar-refractivity contribution is 7.99. The van der Waals surface area contributed by atoms with Gasteiger partial charge in [0.1, 0.15) is 16.2 Å². The van der Waals surface area contributed by atoms with Crippen molar-refractivity contribution in [1.82, 2.24) is 29.7 Å². The molecule has 0 bridgehead atoms. The largest absolute Gasteiger partial charge is 0.270 e. The Kier molecular flexibility index (Phi) is 4.34. The Morgan fingerprint density at radius 1 is 1.00 bits per heavy atom. The van der Waals surface area contributed by atoms with Crippen molar-refractivity contribution in [3.63, 3.8) is 0 Å². The number of para-hydroxylation sites is 1. The zero-order chi connectivity index (χ0) is 18.9. The van der Waals surface area contributed by atoms with Gasteiger partial charge in [0.05, 0.1) is 0 Å². The molecule has 0 spiro atoms. The molecular weight excluding hydrogens is 388 g/mol. The number of hydrogen-bond donors (Lipinski definition) is 0. The molecule has 0 saturated heterocycles. The van der Waals surface area contributed by atoms with Crippen LogP contribution in [0.15, 0.2) is 77.4 Å². The van der Waals surface area contributed by atoms with Gasteiger partial charge in [0.15, 0.2) is 5.82 Å². The summed E-state index contributed by atoms with van der Waals surface area (Å²) in [7, 11) is 0. The van der Waals surface area contributed by atoms with Gasteiger partial charge in [-0.3, -0.25) is 9.55 Å². The van der Waals surface area contributed by atoms with E-state index in [1.165, 1.54) is 16.6 Å². The predicted molar refractivity (Wildman–Crippen MR) is 111 cm³/mol. The summed E-state index contributed by atoms with van der Waals surface area (Å²) in [5.74, 6) is 0.744. The second-order valence-corrected chi connectivity index (χ2v) is 8.27. The Labute approximate surface area is 169 Å². The van der Waals surface area contributed by atoms with Crippen LogP contribution in [0.25, 0.3) is 27.3 Å². The first-order valence-electron chi connectivity index (χ1n) is 8.60. The summed E-state index contributed by atoms with van der Waals surface area (Å²) in [6.07, 6.45) is 5.15.